The van der Waals surface area contributed by atoms with E-state index in [1.54, 1.807) is 13.3 Å². The lowest BCUT2D eigenvalue weighted by molar-refractivity contribution is 0.0955. The molecule has 150 valence electrons. The van der Waals surface area contributed by atoms with Crippen LogP contribution in [0.1, 0.15) is 46.9 Å². The molecule has 3 aromatic rings. The van der Waals surface area contributed by atoms with E-state index in [-0.39, 0.29) is 5.91 Å². The summed E-state index contributed by atoms with van der Waals surface area (Å²) in [6, 6.07) is 11.3. The topological polar surface area (TPSA) is 75.7 Å². The summed E-state index contributed by atoms with van der Waals surface area (Å²) in [6.07, 6.45) is 6.16. The van der Waals surface area contributed by atoms with Crippen molar-refractivity contribution in [2.75, 3.05) is 13.7 Å². The van der Waals surface area contributed by atoms with Gasteiger partial charge in [-0.25, -0.2) is 5.43 Å². The third kappa shape index (κ3) is 3.97. The fourth-order valence-electron chi connectivity index (χ4n) is 3.82. The third-order valence-electron chi connectivity index (χ3n) is 5.23. The number of H-pyrrole nitrogens is 1. The number of aryl methyl sites for hydroxylation is 2. The first kappa shape index (κ1) is 19.1. The monoisotopic (exact) mass is 391 g/mol. The summed E-state index contributed by atoms with van der Waals surface area (Å²) in [4.78, 5) is 16.0. The molecule has 0 bridgehead atoms. The summed E-state index contributed by atoms with van der Waals surface area (Å²) >= 11 is 0. The number of hydrogen-bond donors (Lipinski definition) is 2. The number of rotatable bonds is 6. The van der Waals surface area contributed by atoms with Gasteiger partial charge in [0.25, 0.3) is 5.91 Å². The van der Waals surface area contributed by atoms with E-state index in [0.29, 0.717) is 23.7 Å². The molecule has 0 spiro atoms. The van der Waals surface area contributed by atoms with Crippen molar-refractivity contribution < 1.29 is 14.3 Å². The number of aromatic amines is 1. The van der Waals surface area contributed by atoms with Crippen LogP contribution >= 0.6 is 0 Å². The lowest BCUT2D eigenvalue weighted by Crippen LogP contribution is -2.17. The second-order valence-corrected chi connectivity index (χ2v) is 7.09. The zero-order valence-corrected chi connectivity index (χ0v) is 16.7. The zero-order chi connectivity index (χ0) is 20.2. The minimum atomic E-state index is -0.230. The van der Waals surface area contributed by atoms with E-state index in [0.717, 1.165) is 29.3 Å². The molecule has 1 aromatic heterocycles. The second kappa shape index (κ2) is 8.39. The van der Waals surface area contributed by atoms with E-state index >= 15 is 0 Å². The molecule has 1 aliphatic rings. The van der Waals surface area contributed by atoms with Crippen LogP contribution in [0.15, 0.2) is 41.5 Å². The van der Waals surface area contributed by atoms with Gasteiger partial charge in [-0.3, -0.25) is 4.79 Å². The van der Waals surface area contributed by atoms with Gasteiger partial charge in [0.2, 0.25) is 0 Å². The minimum absolute atomic E-state index is 0.230. The Balaban J connectivity index is 1.48. The predicted molar refractivity (Wildman–Crippen MR) is 114 cm³/mol. The summed E-state index contributed by atoms with van der Waals surface area (Å²) < 4.78 is 10.8. The average Bonchev–Trinajstić information content (AvgIpc) is 3.12. The third-order valence-corrected chi connectivity index (χ3v) is 5.23. The summed E-state index contributed by atoms with van der Waals surface area (Å²) in [5, 5.41) is 5.24. The normalized spacial score (nSPS) is 13.4. The summed E-state index contributed by atoms with van der Waals surface area (Å²) in [5.41, 5.74) is 7.78. The number of fused-ring (bicyclic) bond motifs is 3. The Labute approximate surface area is 169 Å². The van der Waals surface area contributed by atoms with Gasteiger partial charge in [0.05, 0.1) is 19.9 Å². The van der Waals surface area contributed by atoms with Crippen molar-refractivity contribution in [2.24, 2.45) is 5.10 Å². The molecule has 1 aliphatic carbocycles. The smallest absolute Gasteiger partial charge is 0.271 e. The fraction of sp³-hybridized carbons (Fsp3) is 0.304. The molecule has 0 unspecified atom stereocenters. The molecule has 1 amide bonds. The Hall–Kier alpha value is -3.28. The molecule has 4 rings (SSSR count). The number of nitrogens with zero attached hydrogens (tertiary/aromatic N) is 1. The van der Waals surface area contributed by atoms with Gasteiger partial charge in [0.1, 0.15) is 0 Å². The van der Waals surface area contributed by atoms with E-state index in [9.17, 15) is 4.79 Å². The number of nitrogens with one attached hydrogen (secondary N) is 2. The lowest BCUT2D eigenvalue weighted by Gasteiger charge is -2.10. The number of hydrazone groups is 1. The first-order valence-electron chi connectivity index (χ1n) is 9.97. The van der Waals surface area contributed by atoms with Crippen LogP contribution in [0.5, 0.6) is 11.5 Å². The molecular formula is C23H25N3O3. The van der Waals surface area contributed by atoms with E-state index in [4.69, 9.17) is 9.47 Å². The van der Waals surface area contributed by atoms with Crippen LogP contribution in [-0.4, -0.2) is 30.8 Å². The number of methoxy groups -OCH3 is 1. The van der Waals surface area contributed by atoms with Crippen molar-refractivity contribution in [3.05, 3.63) is 58.8 Å². The maximum atomic E-state index is 12.6. The number of hydrogen-bond acceptors (Lipinski definition) is 4. The van der Waals surface area contributed by atoms with Crippen LogP contribution < -0.4 is 14.9 Å². The van der Waals surface area contributed by atoms with Crippen LogP contribution in [0.4, 0.5) is 0 Å². The SMILES string of the molecule is CCOc1ccc(/C=N/NC(=O)c2ccc3[nH]c4c(c3c2)CCCC4)cc1OC. The molecule has 0 aliphatic heterocycles. The van der Waals surface area contributed by atoms with Crippen molar-refractivity contribution in [1.29, 1.82) is 0 Å². The van der Waals surface area contributed by atoms with Gasteiger partial charge in [-0.1, -0.05) is 0 Å². The standard InChI is InChI=1S/C23H25N3O3/c1-3-29-21-11-8-15(12-22(21)28-2)14-24-26-23(27)16-9-10-20-18(13-16)17-6-4-5-7-19(17)25-20/h8-14,25H,3-7H2,1-2H3,(H,26,27)/b24-14+. The number of benzene rings is 2. The summed E-state index contributed by atoms with van der Waals surface area (Å²) in [6.45, 7) is 2.49. The van der Waals surface area contributed by atoms with E-state index in [2.05, 4.69) is 15.5 Å². The quantitative estimate of drug-likeness (QED) is 0.488. The minimum Gasteiger partial charge on any atom is -0.493 e. The number of carbonyl (C=O) groups is 1. The highest BCUT2D eigenvalue weighted by atomic mass is 16.5. The fourth-order valence-corrected chi connectivity index (χ4v) is 3.82. The molecule has 1 heterocycles. The van der Waals surface area contributed by atoms with Gasteiger partial charge < -0.3 is 14.5 Å². The van der Waals surface area contributed by atoms with Crippen LogP contribution in [-0.2, 0) is 12.8 Å². The number of carbonyl (C=O) groups excluding carboxylic acids is 1. The molecular weight excluding hydrogens is 366 g/mol. The molecule has 2 aromatic carbocycles. The Morgan fingerprint density at radius 1 is 1.17 bits per heavy atom. The van der Waals surface area contributed by atoms with Crippen molar-refractivity contribution in [3.63, 3.8) is 0 Å². The largest absolute Gasteiger partial charge is 0.493 e. The number of amides is 1. The van der Waals surface area contributed by atoms with Gasteiger partial charge in [-0.2, -0.15) is 5.10 Å². The van der Waals surface area contributed by atoms with Crippen molar-refractivity contribution >= 4 is 23.0 Å². The molecule has 29 heavy (non-hydrogen) atoms. The predicted octanol–water partition coefficient (Wildman–Crippen LogP) is 4.22. The first-order chi connectivity index (χ1) is 14.2. The molecule has 6 heteroatoms. The van der Waals surface area contributed by atoms with Gasteiger partial charge in [0, 0.05) is 22.2 Å². The highest BCUT2D eigenvalue weighted by Crippen LogP contribution is 2.30. The zero-order valence-electron chi connectivity index (χ0n) is 16.7. The Morgan fingerprint density at radius 3 is 2.86 bits per heavy atom. The van der Waals surface area contributed by atoms with Crippen molar-refractivity contribution in [2.45, 2.75) is 32.6 Å². The molecule has 2 N–H and O–H groups in total. The maximum absolute atomic E-state index is 12.6. The first-order valence-corrected chi connectivity index (χ1v) is 9.97. The Kier molecular flexibility index (Phi) is 5.51. The molecule has 0 saturated heterocycles. The highest BCUT2D eigenvalue weighted by molar-refractivity contribution is 5.99. The van der Waals surface area contributed by atoms with Crippen LogP contribution in [0, 0.1) is 0 Å². The van der Waals surface area contributed by atoms with Crippen molar-refractivity contribution in [3.8, 4) is 11.5 Å². The highest BCUT2D eigenvalue weighted by Gasteiger charge is 2.16. The van der Waals surface area contributed by atoms with Crippen molar-refractivity contribution in [1.82, 2.24) is 10.4 Å². The number of ether oxygens (including phenoxy) is 2. The van der Waals surface area contributed by atoms with Gasteiger partial charge in [-0.05, 0) is 80.1 Å². The van der Waals surface area contributed by atoms with Gasteiger partial charge in [-0.15, -0.1) is 0 Å². The van der Waals surface area contributed by atoms with E-state index in [1.807, 2.05) is 43.3 Å². The Morgan fingerprint density at radius 2 is 2.03 bits per heavy atom. The molecule has 0 radical (unpaired) electrons. The van der Waals surface area contributed by atoms with Crippen LogP contribution in [0.3, 0.4) is 0 Å². The second-order valence-electron chi connectivity index (χ2n) is 7.09. The van der Waals surface area contributed by atoms with Gasteiger partial charge >= 0.3 is 0 Å². The maximum Gasteiger partial charge on any atom is 0.271 e. The summed E-state index contributed by atoms with van der Waals surface area (Å²) in [7, 11) is 1.59. The molecule has 0 atom stereocenters. The average molecular weight is 391 g/mol. The van der Waals surface area contributed by atoms with Crippen LogP contribution in [0.2, 0.25) is 0 Å². The Bertz CT molecular complexity index is 1070. The molecule has 0 saturated carbocycles. The molecule has 6 nitrogen and oxygen atoms in total. The summed E-state index contributed by atoms with van der Waals surface area (Å²) in [5.74, 6) is 1.08. The molecule has 0 fully saturated rings. The van der Waals surface area contributed by atoms with E-state index < -0.39 is 0 Å². The number of aromatic nitrogens is 1. The van der Waals surface area contributed by atoms with E-state index in [1.165, 1.54) is 24.1 Å². The van der Waals surface area contributed by atoms with Crippen LogP contribution in [0.25, 0.3) is 10.9 Å². The lowest BCUT2D eigenvalue weighted by atomic mass is 9.95. The van der Waals surface area contributed by atoms with Gasteiger partial charge in [0.15, 0.2) is 11.5 Å².